The van der Waals surface area contributed by atoms with Crippen molar-refractivity contribution >= 4 is 5.91 Å². The molecular weight excluding hydrogens is 254 g/mol. The molecule has 1 amide bonds. The number of nitrogens with one attached hydrogen (secondary N) is 1. The van der Waals surface area contributed by atoms with Crippen molar-refractivity contribution in [2.75, 3.05) is 6.54 Å². The summed E-state index contributed by atoms with van der Waals surface area (Å²) < 4.78 is 4.91. The van der Waals surface area contributed by atoms with E-state index in [-0.39, 0.29) is 5.91 Å². The molecule has 106 valence electrons. The maximum Gasteiger partial charge on any atom is 0.251 e. The molecule has 0 saturated carbocycles. The quantitative estimate of drug-likeness (QED) is 0.880. The van der Waals surface area contributed by atoms with Crippen LogP contribution in [-0.2, 0) is 0 Å². The third-order valence-electron chi connectivity index (χ3n) is 3.27. The van der Waals surface area contributed by atoms with Gasteiger partial charge in [0.15, 0.2) is 0 Å². The van der Waals surface area contributed by atoms with Crippen molar-refractivity contribution in [3.05, 3.63) is 59.0 Å². The van der Waals surface area contributed by atoms with Crippen LogP contribution in [0.4, 0.5) is 0 Å². The van der Waals surface area contributed by atoms with E-state index in [4.69, 9.17) is 4.42 Å². The Kier molecular flexibility index (Phi) is 4.58. The number of aryl methyl sites for hydroxylation is 2. The third-order valence-corrected chi connectivity index (χ3v) is 3.27. The van der Waals surface area contributed by atoms with Crippen molar-refractivity contribution in [1.29, 1.82) is 0 Å². The first-order valence-electron chi connectivity index (χ1n) is 6.63. The van der Waals surface area contributed by atoms with Crippen molar-refractivity contribution in [3.8, 4) is 0 Å². The van der Waals surface area contributed by atoms with Crippen LogP contribution in [0.25, 0.3) is 0 Å². The molecule has 0 spiro atoms. The fraction of sp³-hybridized carbons (Fsp3) is 0.312. The molecule has 1 aromatic carbocycles. The zero-order valence-electron chi connectivity index (χ0n) is 11.7. The standard InChI is InChI=1S/C16H19NO3/c1-11-3-4-12(2)14(9-11)16(19)17-7-5-15(18)13-6-8-20-10-13/h3-4,6,8-10,15,18H,5,7H2,1-2H3,(H,17,19). The molecule has 0 fully saturated rings. The fourth-order valence-corrected chi connectivity index (χ4v) is 2.03. The summed E-state index contributed by atoms with van der Waals surface area (Å²) >= 11 is 0. The van der Waals surface area contributed by atoms with E-state index in [1.54, 1.807) is 6.07 Å². The van der Waals surface area contributed by atoms with Gasteiger partial charge in [0.2, 0.25) is 0 Å². The van der Waals surface area contributed by atoms with Crippen LogP contribution >= 0.6 is 0 Å². The molecule has 0 aliphatic rings. The highest BCUT2D eigenvalue weighted by molar-refractivity contribution is 5.95. The van der Waals surface area contributed by atoms with Crippen molar-refractivity contribution in [3.63, 3.8) is 0 Å². The molecule has 0 bridgehead atoms. The number of amides is 1. The molecule has 0 radical (unpaired) electrons. The smallest absolute Gasteiger partial charge is 0.251 e. The highest BCUT2D eigenvalue weighted by Gasteiger charge is 2.11. The zero-order valence-corrected chi connectivity index (χ0v) is 11.7. The summed E-state index contributed by atoms with van der Waals surface area (Å²) in [6, 6.07) is 7.51. The van der Waals surface area contributed by atoms with Gasteiger partial charge < -0.3 is 14.8 Å². The Morgan fingerprint density at radius 1 is 1.35 bits per heavy atom. The number of hydrogen-bond acceptors (Lipinski definition) is 3. The minimum Gasteiger partial charge on any atom is -0.472 e. The van der Waals surface area contributed by atoms with Gasteiger partial charge in [-0.2, -0.15) is 0 Å². The molecule has 4 nitrogen and oxygen atoms in total. The zero-order chi connectivity index (χ0) is 14.5. The van der Waals surface area contributed by atoms with Gasteiger partial charge in [-0.05, 0) is 38.0 Å². The van der Waals surface area contributed by atoms with Gasteiger partial charge in [-0.1, -0.05) is 17.7 Å². The molecule has 0 aliphatic carbocycles. The first-order valence-corrected chi connectivity index (χ1v) is 6.63. The summed E-state index contributed by atoms with van der Waals surface area (Å²) in [7, 11) is 0. The number of hydrogen-bond donors (Lipinski definition) is 2. The average Bonchev–Trinajstić information content (AvgIpc) is 2.95. The van der Waals surface area contributed by atoms with Crippen LogP contribution in [0.5, 0.6) is 0 Å². The molecule has 0 aliphatic heterocycles. The predicted molar refractivity (Wildman–Crippen MR) is 76.5 cm³/mol. The molecule has 2 aromatic rings. The molecule has 1 heterocycles. The summed E-state index contributed by atoms with van der Waals surface area (Å²) in [5.41, 5.74) is 3.41. The molecule has 2 rings (SSSR count). The summed E-state index contributed by atoms with van der Waals surface area (Å²) in [5, 5.41) is 12.7. The molecular formula is C16H19NO3. The second-order valence-electron chi connectivity index (χ2n) is 4.94. The Morgan fingerprint density at radius 3 is 2.85 bits per heavy atom. The summed E-state index contributed by atoms with van der Waals surface area (Å²) in [4.78, 5) is 12.1. The van der Waals surface area contributed by atoms with E-state index in [1.165, 1.54) is 12.5 Å². The second kappa shape index (κ2) is 6.39. The number of carbonyl (C=O) groups is 1. The Hall–Kier alpha value is -2.07. The van der Waals surface area contributed by atoms with Gasteiger partial charge >= 0.3 is 0 Å². The third kappa shape index (κ3) is 3.48. The van der Waals surface area contributed by atoms with Gasteiger partial charge in [0.25, 0.3) is 5.91 Å². The minimum absolute atomic E-state index is 0.106. The normalized spacial score (nSPS) is 12.2. The number of carbonyl (C=O) groups excluding carboxylic acids is 1. The molecule has 1 aromatic heterocycles. The van der Waals surface area contributed by atoms with Crippen molar-refractivity contribution in [1.82, 2.24) is 5.32 Å². The highest BCUT2D eigenvalue weighted by Crippen LogP contribution is 2.16. The van der Waals surface area contributed by atoms with Crippen LogP contribution in [0, 0.1) is 13.8 Å². The number of benzene rings is 1. The van der Waals surface area contributed by atoms with E-state index in [0.29, 0.717) is 18.5 Å². The lowest BCUT2D eigenvalue weighted by molar-refractivity contribution is 0.0942. The van der Waals surface area contributed by atoms with Gasteiger partial charge in [0, 0.05) is 17.7 Å². The Balaban J connectivity index is 1.88. The van der Waals surface area contributed by atoms with E-state index in [0.717, 1.165) is 16.7 Å². The van der Waals surface area contributed by atoms with E-state index in [9.17, 15) is 9.90 Å². The second-order valence-corrected chi connectivity index (χ2v) is 4.94. The summed E-state index contributed by atoms with van der Waals surface area (Å²) in [6.45, 7) is 4.28. The lowest BCUT2D eigenvalue weighted by Gasteiger charge is -2.11. The first-order chi connectivity index (χ1) is 9.58. The Morgan fingerprint density at radius 2 is 2.15 bits per heavy atom. The van der Waals surface area contributed by atoms with E-state index >= 15 is 0 Å². The Labute approximate surface area is 118 Å². The van der Waals surface area contributed by atoms with E-state index < -0.39 is 6.10 Å². The van der Waals surface area contributed by atoms with Gasteiger partial charge in [-0.15, -0.1) is 0 Å². The van der Waals surface area contributed by atoms with Crippen molar-refractivity contribution in [2.24, 2.45) is 0 Å². The number of furan rings is 1. The molecule has 4 heteroatoms. The topological polar surface area (TPSA) is 62.5 Å². The molecule has 1 atom stereocenters. The average molecular weight is 273 g/mol. The van der Waals surface area contributed by atoms with Crippen LogP contribution in [0.1, 0.15) is 39.6 Å². The number of aliphatic hydroxyl groups excluding tert-OH is 1. The lowest BCUT2D eigenvalue weighted by atomic mass is 10.0. The van der Waals surface area contributed by atoms with Crippen LogP contribution in [0.2, 0.25) is 0 Å². The van der Waals surface area contributed by atoms with Gasteiger partial charge in [-0.3, -0.25) is 4.79 Å². The van der Waals surface area contributed by atoms with Crippen LogP contribution in [0.15, 0.2) is 41.2 Å². The number of aliphatic hydroxyl groups is 1. The van der Waals surface area contributed by atoms with E-state index in [1.807, 2.05) is 32.0 Å². The van der Waals surface area contributed by atoms with Crippen molar-refractivity contribution in [2.45, 2.75) is 26.4 Å². The maximum atomic E-state index is 12.1. The van der Waals surface area contributed by atoms with Gasteiger partial charge in [-0.25, -0.2) is 0 Å². The molecule has 2 N–H and O–H groups in total. The largest absolute Gasteiger partial charge is 0.472 e. The molecule has 20 heavy (non-hydrogen) atoms. The van der Waals surface area contributed by atoms with E-state index in [2.05, 4.69) is 5.32 Å². The van der Waals surface area contributed by atoms with Crippen molar-refractivity contribution < 1.29 is 14.3 Å². The van der Waals surface area contributed by atoms with Crippen LogP contribution in [-0.4, -0.2) is 17.6 Å². The molecule has 1 unspecified atom stereocenters. The lowest BCUT2D eigenvalue weighted by Crippen LogP contribution is -2.26. The fourth-order valence-electron chi connectivity index (χ4n) is 2.03. The first kappa shape index (κ1) is 14.3. The monoisotopic (exact) mass is 273 g/mol. The maximum absolute atomic E-state index is 12.1. The van der Waals surface area contributed by atoms with Gasteiger partial charge in [0.1, 0.15) is 0 Å². The summed E-state index contributed by atoms with van der Waals surface area (Å²) in [6.07, 6.45) is 2.87. The van der Waals surface area contributed by atoms with Crippen LogP contribution in [0.3, 0.4) is 0 Å². The number of rotatable bonds is 5. The van der Waals surface area contributed by atoms with Crippen LogP contribution < -0.4 is 5.32 Å². The predicted octanol–water partition coefficient (Wildman–Crippen LogP) is 2.75. The molecule has 0 saturated heterocycles. The minimum atomic E-state index is -0.618. The van der Waals surface area contributed by atoms with Gasteiger partial charge in [0.05, 0.1) is 18.6 Å². The SMILES string of the molecule is Cc1ccc(C)c(C(=O)NCCC(O)c2ccoc2)c1. The Bertz CT molecular complexity index is 575. The summed E-state index contributed by atoms with van der Waals surface area (Å²) in [5.74, 6) is -0.106. The highest BCUT2D eigenvalue weighted by atomic mass is 16.3.